The molecule has 2 aromatic heterocycles. The summed E-state index contributed by atoms with van der Waals surface area (Å²) >= 11 is 0. The minimum Gasteiger partial charge on any atom is -0.438 e. The van der Waals surface area contributed by atoms with Gasteiger partial charge in [0.2, 0.25) is 5.88 Å². The van der Waals surface area contributed by atoms with Crippen LogP contribution in [-0.4, -0.2) is 27.8 Å². The smallest absolute Gasteiger partial charge is 0.239 e. The van der Waals surface area contributed by atoms with Crippen molar-refractivity contribution in [3.63, 3.8) is 0 Å². The van der Waals surface area contributed by atoms with Crippen molar-refractivity contribution in [1.82, 2.24) is 14.6 Å². The fourth-order valence-electron chi connectivity index (χ4n) is 3.19. The minimum atomic E-state index is -0.295. The Morgan fingerprint density at radius 2 is 1.75 bits per heavy atom. The molecule has 0 aliphatic carbocycles. The predicted octanol–water partition coefficient (Wildman–Crippen LogP) is 3.82. The Morgan fingerprint density at radius 3 is 2.50 bits per heavy atom. The van der Waals surface area contributed by atoms with Crippen LogP contribution in [0.4, 0.5) is 5.69 Å². The highest BCUT2D eigenvalue weighted by atomic mass is 16.7. The molecule has 140 valence electrons. The number of rotatable bonds is 4. The van der Waals surface area contributed by atoms with Crippen LogP contribution >= 0.6 is 0 Å². The Labute approximate surface area is 161 Å². The molecule has 5 rings (SSSR count). The molecule has 7 heteroatoms. The molecule has 0 spiro atoms. The first kappa shape index (κ1) is 16.7. The van der Waals surface area contributed by atoms with E-state index < -0.39 is 0 Å². The first-order valence-corrected chi connectivity index (χ1v) is 8.99. The normalized spacial score (nSPS) is 14.6. The van der Waals surface area contributed by atoms with Crippen molar-refractivity contribution in [3.05, 3.63) is 72.4 Å². The van der Waals surface area contributed by atoms with Gasteiger partial charge in [0.25, 0.3) is 0 Å². The molecule has 0 bridgehead atoms. The third-order valence-electron chi connectivity index (χ3n) is 4.54. The van der Waals surface area contributed by atoms with Gasteiger partial charge in [0.05, 0.1) is 30.8 Å². The topological polar surface area (TPSA) is 83.9 Å². The van der Waals surface area contributed by atoms with Crippen molar-refractivity contribution in [1.29, 1.82) is 0 Å². The number of anilines is 1. The van der Waals surface area contributed by atoms with Crippen molar-refractivity contribution >= 4 is 11.3 Å². The Balaban J connectivity index is 1.51. The van der Waals surface area contributed by atoms with Crippen LogP contribution in [0.2, 0.25) is 0 Å². The Bertz CT molecular complexity index is 1100. The van der Waals surface area contributed by atoms with Crippen molar-refractivity contribution in [2.75, 3.05) is 18.9 Å². The van der Waals surface area contributed by atoms with Crippen LogP contribution in [0.15, 0.2) is 66.9 Å². The van der Waals surface area contributed by atoms with E-state index in [0.29, 0.717) is 36.2 Å². The predicted molar refractivity (Wildman–Crippen MR) is 104 cm³/mol. The third kappa shape index (κ3) is 3.06. The summed E-state index contributed by atoms with van der Waals surface area (Å²) in [5.74, 6) is 1.09. The summed E-state index contributed by atoms with van der Waals surface area (Å²) in [4.78, 5) is 4.41. The van der Waals surface area contributed by atoms with Crippen LogP contribution in [-0.2, 0) is 9.47 Å². The molecule has 1 saturated heterocycles. The second kappa shape index (κ2) is 6.95. The maximum atomic E-state index is 6.17. The number of hydrogen-bond acceptors (Lipinski definition) is 6. The Morgan fingerprint density at radius 1 is 1.00 bits per heavy atom. The van der Waals surface area contributed by atoms with Gasteiger partial charge in [-0.05, 0) is 12.1 Å². The number of imidazole rings is 1. The number of ether oxygens (including phenoxy) is 3. The van der Waals surface area contributed by atoms with Crippen molar-refractivity contribution in [3.8, 4) is 22.9 Å². The fraction of sp³-hybridized carbons (Fsp3) is 0.143. The van der Waals surface area contributed by atoms with Gasteiger partial charge in [-0.3, -0.25) is 0 Å². The molecule has 28 heavy (non-hydrogen) atoms. The highest BCUT2D eigenvalue weighted by molar-refractivity contribution is 5.71. The van der Waals surface area contributed by atoms with Gasteiger partial charge in [0.1, 0.15) is 5.75 Å². The molecule has 1 aliphatic rings. The maximum Gasteiger partial charge on any atom is 0.239 e. The van der Waals surface area contributed by atoms with Gasteiger partial charge in [-0.25, -0.2) is 9.50 Å². The van der Waals surface area contributed by atoms with Gasteiger partial charge in [-0.2, -0.15) is 0 Å². The summed E-state index contributed by atoms with van der Waals surface area (Å²) < 4.78 is 18.6. The molecule has 0 atom stereocenters. The van der Waals surface area contributed by atoms with Gasteiger partial charge < -0.3 is 19.9 Å². The highest BCUT2D eigenvalue weighted by Crippen LogP contribution is 2.29. The van der Waals surface area contributed by atoms with E-state index in [2.05, 4.69) is 10.1 Å². The highest BCUT2D eigenvalue weighted by Gasteiger charge is 2.18. The molecule has 0 amide bonds. The minimum absolute atomic E-state index is 0.295. The standard InChI is InChI=1S/C21H18N4O3/c22-17-12-19(28-16-4-2-1-3-5-16)24-25-18(13-23-20(17)25)14-6-8-15(9-7-14)21-26-10-11-27-21/h1-9,12-13,21H,10-11,22H2. The van der Waals surface area contributed by atoms with Gasteiger partial charge in [-0.1, -0.05) is 42.5 Å². The summed E-state index contributed by atoms with van der Waals surface area (Å²) in [6.07, 6.45) is 1.46. The second-order valence-corrected chi connectivity index (χ2v) is 6.43. The molecular weight excluding hydrogens is 356 g/mol. The molecular formula is C21H18N4O3. The van der Waals surface area contributed by atoms with Crippen molar-refractivity contribution in [2.24, 2.45) is 0 Å². The SMILES string of the molecule is Nc1cc(Oc2ccccc2)nn2c(-c3ccc(C4OCCO4)cc3)cnc12. The Hall–Kier alpha value is -3.42. The lowest BCUT2D eigenvalue weighted by Crippen LogP contribution is -2.02. The van der Waals surface area contributed by atoms with E-state index in [1.54, 1.807) is 16.8 Å². The summed E-state index contributed by atoms with van der Waals surface area (Å²) in [5.41, 5.74) is 10.0. The van der Waals surface area contributed by atoms with E-state index in [1.807, 2.05) is 54.6 Å². The quantitative estimate of drug-likeness (QED) is 0.585. The largest absolute Gasteiger partial charge is 0.438 e. The lowest BCUT2D eigenvalue weighted by Gasteiger charge is -2.10. The lowest BCUT2D eigenvalue weighted by molar-refractivity contribution is -0.0441. The fourth-order valence-corrected chi connectivity index (χ4v) is 3.19. The van der Waals surface area contributed by atoms with Gasteiger partial charge >= 0.3 is 0 Å². The van der Waals surface area contributed by atoms with Crippen LogP contribution in [0.5, 0.6) is 11.6 Å². The number of nitrogen functional groups attached to an aromatic ring is 1. The average Bonchev–Trinajstić information content (AvgIpc) is 3.39. The number of aromatic nitrogens is 3. The van der Waals surface area contributed by atoms with E-state index in [0.717, 1.165) is 16.8 Å². The molecule has 0 radical (unpaired) electrons. The zero-order chi connectivity index (χ0) is 18.9. The molecule has 0 unspecified atom stereocenters. The van der Waals surface area contributed by atoms with E-state index in [4.69, 9.17) is 19.9 Å². The van der Waals surface area contributed by atoms with Crippen LogP contribution in [0.1, 0.15) is 11.9 Å². The molecule has 0 saturated carbocycles. The molecule has 3 heterocycles. The first-order chi connectivity index (χ1) is 13.8. The van der Waals surface area contributed by atoms with Crippen LogP contribution < -0.4 is 10.5 Å². The zero-order valence-corrected chi connectivity index (χ0v) is 15.0. The average molecular weight is 374 g/mol. The molecule has 4 aromatic rings. The summed E-state index contributed by atoms with van der Waals surface area (Å²) in [7, 11) is 0. The molecule has 7 nitrogen and oxygen atoms in total. The van der Waals surface area contributed by atoms with Crippen molar-refractivity contribution < 1.29 is 14.2 Å². The summed E-state index contributed by atoms with van der Waals surface area (Å²) in [5, 5.41) is 4.57. The monoisotopic (exact) mass is 374 g/mol. The summed E-state index contributed by atoms with van der Waals surface area (Å²) in [6, 6.07) is 19.1. The summed E-state index contributed by atoms with van der Waals surface area (Å²) in [6.45, 7) is 1.24. The van der Waals surface area contributed by atoms with Crippen LogP contribution in [0.3, 0.4) is 0 Å². The molecule has 2 N–H and O–H groups in total. The molecule has 2 aromatic carbocycles. The zero-order valence-electron chi connectivity index (χ0n) is 15.0. The number of nitrogens with two attached hydrogens (primary N) is 1. The van der Waals surface area contributed by atoms with Crippen molar-refractivity contribution in [2.45, 2.75) is 6.29 Å². The maximum absolute atomic E-state index is 6.17. The third-order valence-corrected chi connectivity index (χ3v) is 4.54. The number of hydrogen-bond donors (Lipinski definition) is 1. The Kier molecular flexibility index (Phi) is 4.16. The van der Waals surface area contributed by atoms with E-state index in [-0.39, 0.29) is 6.29 Å². The second-order valence-electron chi connectivity index (χ2n) is 6.43. The van der Waals surface area contributed by atoms with E-state index in [9.17, 15) is 0 Å². The molecule has 1 aliphatic heterocycles. The van der Waals surface area contributed by atoms with E-state index in [1.165, 1.54) is 0 Å². The number of benzene rings is 2. The number of fused-ring (bicyclic) bond motifs is 1. The van der Waals surface area contributed by atoms with Gasteiger partial charge in [0, 0.05) is 17.2 Å². The lowest BCUT2D eigenvalue weighted by atomic mass is 10.1. The number of nitrogens with zero attached hydrogens (tertiary/aromatic N) is 3. The van der Waals surface area contributed by atoms with Gasteiger partial charge in [0.15, 0.2) is 11.9 Å². The van der Waals surface area contributed by atoms with Crippen LogP contribution in [0.25, 0.3) is 16.9 Å². The first-order valence-electron chi connectivity index (χ1n) is 8.99. The van der Waals surface area contributed by atoms with E-state index >= 15 is 0 Å². The molecule has 1 fully saturated rings. The van der Waals surface area contributed by atoms with Gasteiger partial charge in [-0.15, -0.1) is 5.10 Å². The number of para-hydroxylation sites is 1. The van der Waals surface area contributed by atoms with Crippen LogP contribution in [0, 0.1) is 0 Å².